The lowest BCUT2D eigenvalue weighted by molar-refractivity contribution is -0.119. The highest BCUT2D eigenvalue weighted by Gasteiger charge is 2.21. The van der Waals surface area contributed by atoms with Crippen LogP contribution in [0.15, 0.2) is 46.0 Å². The molecule has 0 saturated carbocycles. The number of benzene rings is 2. The second kappa shape index (κ2) is 9.07. The zero-order valence-corrected chi connectivity index (χ0v) is 17.9. The highest BCUT2D eigenvalue weighted by molar-refractivity contribution is 9.10. The molecule has 2 aromatic rings. The lowest BCUT2D eigenvalue weighted by Crippen LogP contribution is -2.39. The molecule has 0 radical (unpaired) electrons. The van der Waals surface area contributed by atoms with Gasteiger partial charge in [0.25, 0.3) is 5.91 Å². The van der Waals surface area contributed by atoms with Gasteiger partial charge in [-0.15, -0.1) is 0 Å². The van der Waals surface area contributed by atoms with E-state index in [-0.39, 0.29) is 11.5 Å². The van der Waals surface area contributed by atoms with Crippen LogP contribution in [0.5, 0.6) is 11.5 Å². The zero-order valence-electron chi connectivity index (χ0n) is 15.5. The number of nitrogens with zero attached hydrogens (tertiary/aromatic N) is 2. The maximum absolute atomic E-state index is 12.2. The number of nitrogens with one attached hydrogen (secondary N) is 1. The Hall–Kier alpha value is -2.59. The molecule has 0 unspecified atom stereocenters. The quantitative estimate of drug-likeness (QED) is 0.477. The number of aryl methyl sites for hydroxylation is 1. The standard InChI is InChI=1S/C18H20BrN3O5S/c1-12-6-4-5-7-15(12)22(28(3,25)26)11-17(23)21-20-10-13-8-14(19)18(24)16(9-13)27-2/h4-10,24H,11H2,1-3H3,(H,21,23). The van der Waals surface area contributed by atoms with E-state index in [4.69, 9.17) is 4.74 Å². The monoisotopic (exact) mass is 469 g/mol. The molecule has 0 aliphatic carbocycles. The van der Waals surface area contributed by atoms with Crippen molar-refractivity contribution in [2.24, 2.45) is 5.10 Å². The van der Waals surface area contributed by atoms with Gasteiger partial charge in [0.2, 0.25) is 10.0 Å². The van der Waals surface area contributed by atoms with Gasteiger partial charge < -0.3 is 9.84 Å². The van der Waals surface area contributed by atoms with E-state index in [1.165, 1.54) is 19.4 Å². The molecular weight excluding hydrogens is 450 g/mol. The first-order valence-electron chi connectivity index (χ1n) is 8.05. The molecule has 2 aromatic carbocycles. The minimum atomic E-state index is -3.66. The van der Waals surface area contributed by atoms with Gasteiger partial charge in [0.15, 0.2) is 11.5 Å². The molecule has 1 amide bonds. The van der Waals surface area contributed by atoms with Crippen molar-refractivity contribution in [2.75, 3.05) is 24.2 Å². The van der Waals surface area contributed by atoms with Crippen LogP contribution in [0.1, 0.15) is 11.1 Å². The summed E-state index contributed by atoms with van der Waals surface area (Å²) in [5, 5.41) is 13.6. The van der Waals surface area contributed by atoms with E-state index in [2.05, 4.69) is 26.5 Å². The predicted molar refractivity (Wildman–Crippen MR) is 111 cm³/mol. The van der Waals surface area contributed by atoms with Crippen molar-refractivity contribution in [3.63, 3.8) is 0 Å². The van der Waals surface area contributed by atoms with Gasteiger partial charge in [-0.05, 0) is 52.2 Å². The highest BCUT2D eigenvalue weighted by atomic mass is 79.9. The molecule has 0 aliphatic heterocycles. The summed E-state index contributed by atoms with van der Waals surface area (Å²) in [5.74, 6) is -0.412. The summed E-state index contributed by atoms with van der Waals surface area (Å²) in [6, 6.07) is 10.0. The van der Waals surface area contributed by atoms with Gasteiger partial charge in [-0.25, -0.2) is 13.8 Å². The van der Waals surface area contributed by atoms with Gasteiger partial charge >= 0.3 is 0 Å². The third-order valence-corrected chi connectivity index (χ3v) is 5.48. The Morgan fingerprint density at radius 3 is 2.64 bits per heavy atom. The molecule has 0 atom stereocenters. The molecule has 0 saturated heterocycles. The van der Waals surface area contributed by atoms with Gasteiger partial charge in [-0.2, -0.15) is 5.10 Å². The van der Waals surface area contributed by atoms with Crippen LogP contribution in [-0.2, 0) is 14.8 Å². The number of hydrazone groups is 1. The number of carbonyl (C=O) groups excluding carboxylic acids is 1. The normalized spacial score (nSPS) is 11.4. The van der Waals surface area contributed by atoms with Crippen LogP contribution in [0.25, 0.3) is 0 Å². The van der Waals surface area contributed by atoms with Crippen LogP contribution in [0, 0.1) is 6.92 Å². The summed E-state index contributed by atoms with van der Waals surface area (Å²) in [5.41, 5.74) is 4.01. The second-order valence-corrected chi connectivity index (χ2v) is 8.66. The van der Waals surface area contributed by atoms with Crippen molar-refractivity contribution < 1.29 is 23.1 Å². The molecule has 28 heavy (non-hydrogen) atoms. The van der Waals surface area contributed by atoms with Crippen molar-refractivity contribution in [2.45, 2.75) is 6.92 Å². The number of methoxy groups -OCH3 is 1. The molecule has 0 aliphatic rings. The van der Waals surface area contributed by atoms with Crippen LogP contribution in [-0.4, -0.2) is 45.6 Å². The largest absolute Gasteiger partial charge is 0.503 e. The fourth-order valence-electron chi connectivity index (χ4n) is 2.39. The van der Waals surface area contributed by atoms with Crippen LogP contribution in [0.3, 0.4) is 0 Å². The Morgan fingerprint density at radius 2 is 2.04 bits per heavy atom. The maximum atomic E-state index is 12.2. The molecule has 0 bridgehead atoms. The molecule has 0 aromatic heterocycles. The zero-order chi connectivity index (χ0) is 20.9. The number of ether oxygens (including phenoxy) is 1. The number of phenols is 1. The number of rotatable bonds is 7. The summed E-state index contributed by atoms with van der Waals surface area (Å²) in [7, 11) is -2.25. The number of amides is 1. The summed E-state index contributed by atoms with van der Waals surface area (Å²) < 4.78 is 30.7. The van der Waals surface area contributed by atoms with Gasteiger partial charge in [0.05, 0.1) is 29.7 Å². The van der Waals surface area contributed by atoms with E-state index in [9.17, 15) is 18.3 Å². The van der Waals surface area contributed by atoms with Crippen LogP contribution in [0.2, 0.25) is 0 Å². The SMILES string of the molecule is COc1cc(C=NNC(=O)CN(c2ccccc2C)S(C)(=O)=O)cc(Br)c1O. The molecule has 2 N–H and O–H groups in total. The van der Waals surface area contributed by atoms with Crippen LogP contribution < -0.4 is 14.5 Å². The lowest BCUT2D eigenvalue weighted by atomic mass is 10.2. The van der Waals surface area contributed by atoms with E-state index in [1.54, 1.807) is 37.3 Å². The maximum Gasteiger partial charge on any atom is 0.260 e. The Balaban J connectivity index is 2.13. The van der Waals surface area contributed by atoms with E-state index < -0.39 is 22.5 Å². The minimum Gasteiger partial charge on any atom is -0.503 e. The number of anilines is 1. The van der Waals surface area contributed by atoms with E-state index in [1.807, 2.05) is 0 Å². The smallest absolute Gasteiger partial charge is 0.260 e. The number of hydrogen-bond donors (Lipinski definition) is 2. The highest BCUT2D eigenvalue weighted by Crippen LogP contribution is 2.34. The molecule has 150 valence electrons. The Kier molecular flexibility index (Phi) is 7.03. The Labute approximate surface area is 172 Å². The lowest BCUT2D eigenvalue weighted by Gasteiger charge is -2.23. The topological polar surface area (TPSA) is 108 Å². The molecule has 2 rings (SSSR count). The van der Waals surface area contributed by atoms with Gasteiger partial charge in [0, 0.05) is 0 Å². The molecule has 0 fully saturated rings. The number of sulfonamides is 1. The molecular formula is C18H20BrN3O5S. The van der Waals surface area contributed by atoms with Crippen molar-refractivity contribution in [1.82, 2.24) is 5.43 Å². The number of para-hydroxylation sites is 1. The summed E-state index contributed by atoms with van der Waals surface area (Å²) in [4.78, 5) is 12.2. The first-order chi connectivity index (χ1) is 13.1. The first-order valence-corrected chi connectivity index (χ1v) is 10.7. The third kappa shape index (κ3) is 5.46. The van der Waals surface area contributed by atoms with Crippen LogP contribution in [0.4, 0.5) is 5.69 Å². The second-order valence-electron chi connectivity index (χ2n) is 5.90. The average molecular weight is 470 g/mol. The minimum absolute atomic E-state index is 0.0503. The molecule has 8 nitrogen and oxygen atoms in total. The number of carbonyl (C=O) groups is 1. The Morgan fingerprint density at radius 1 is 1.36 bits per heavy atom. The van der Waals surface area contributed by atoms with Crippen molar-refractivity contribution in [3.8, 4) is 11.5 Å². The number of aromatic hydroxyl groups is 1. The number of phenolic OH excluding ortho intramolecular Hbond substituents is 1. The van der Waals surface area contributed by atoms with E-state index >= 15 is 0 Å². The number of hydrogen-bond acceptors (Lipinski definition) is 6. The average Bonchev–Trinajstić information content (AvgIpc) is 2.62. The van der Waals surface area contributed by atoms with Crippen molar-refractivity contribution >= 4 is 43.8 Å². The van der Waals surface area contributed by atoms with Crippen molar-refractivity contribution in [3.05, 3.63) is 52.0 Å². The Bertz CT molecular complexity index is 1010. The van der Waals surface area contributed by atoms with E-state index in [0.29, 0.717) is 15.7 Å². The fourth-order valence-corrected chi connectivity index (χ4v) is 3.77. The third-order valence-electron chi connectivity index (χ3n) is 3.75. The van der Waals surface area contributed by atoms with Crippen LogP contribution >= 0.6 is 15.9 Å². The summed E-state index contributed by atoms with van der Waals surface area (Å²) in [6.45, 7) is 1.35. The molecule has 0 spiro atoms. The summed E-state index contributed by atoms with van der Waals surface area (Å²) >= 11 is 3.19. The van der Waals surface area contributed by atoms with Gasteiger partial charge in [-0.1, -0.05) is 18.2 Å². The molecule has 0 heterocycles. The first kappa shape index (κ1) is 21.7. The van der Waals surface area contributed by atoms with Gasteiger partial charge in [0.1, 0.15) is 6.54 Å². The number of halogens is 1. The summed E-state index contributed by atoms with van der Waals surface area (Å²) in [6.07, 6.45) is 2.39. The fraction of sp³-hybridized carbons (Fsp3) is 0.222. The van der Waals surface area contributed by atoms with Gasteiger partial charge in [-0.3, -0.25) is 9.10 Å². The van der Waals surface area contributed by atoms with Crippen molar-refractivity contribution in [1.29, 1.82) is 0 Å². The molecule has 10 heteroatoms. The van der Waals surface area contributed by atoms with E-state index in [0.717, 1.165) is 16.1 Å². The predicted octanol–water partition coefficient (Wildman–Crippen LogP) is 2.39.